The van der Waals surface area contributed by atoms with Crippen molar-refractivity contribution in [1.82, 2.24) is 4.98 Å². The molecule has 1 atom stereocenters. The number of aliphatic hydroxyl groups excluding tert-OH is 1. The highest BCUT2D eigenvalue weighted by Gasteiger charge is 2.08. The molecule has 0 aliphatic carbocycles. The maximum Gasteiger partial charge on any atom is 0.230 e. The van der Waals surface area contributed by atoms with Gasteiger partial charge in [-0.2, -0.15) is 0 Å². The summed E-state index contributed by atoms with van der Waals surface area (Å²) in [5, 5.41) is 12.0. The van der Waals surface area contributed by atoms with E-state index in [2.05, 4.69) is 4.98 Å². The van der Waals surface area contributed by atoms with Crippen LogP contribution in [0.15, 0.2) is 53.7 Å². The summed E-state index contributed by atoms with van der Waals surface area (Å²) in [5.74, 6) is -1.51. The van der Waals surface area contributed by atoms with Gasteiger partial charge >= 0.3 is 0 Å². The largest absolute Gasteiger partial charge is 0.388 e. The molecule has 0 bridgehead atoms. The van der Waals surface area contributed by atoms with Gasteiger partial charge in [0.1, 0.15) is 0 Å². The molecule has 2 aromatic carbocycles. The van der Waals surface area contributed by atoms with Gasteiger partial charge in [-0.1, -0.05) is 48.2 Å². The van der Waals surface area contributed by atoms with Crippen molar-refractivity contribution in [3.8, 4) is 0 Å². The number of carbonyl (C=O) groups is 1. The van der Waals surface area contributed by atoms with Crippen LogP contribution in [0.25, 0.3) is 0 Å². The number of benzene rings is 2. The number of aromatic nitrogens is 1. The van der Waals surface area contributed by atoms with E-state index in [1.54, 1.807) is 0 Å². The van der Waals surface area contributed by atoms with Gasteiger partial charge in [-0.15, -0.1) is 11.3 Å². The third-order valence-corrected chi connectivity index (χ3v) is 4.02. The zero-order valence-electron chi connectivity index (χ0n) is 30.3. The highest BCUT2D eigenvalue weighted by Crippen LogP contribution is 2.21. The van der Waals surface area contributed by atoms with Crippen molar-refractivity contribution in [3.05, 3.63) is 76.1 Å². The highest BCUT2D eigenvalue weighted by atomic mass is 32.1. The Bertz CT molecular complexity index is 1590. The van der Waals surface area contributed by atoms with Gasteiger partial charge in [-0.05, 0) is 49.3 Å². The van der Waals surface area contributed by atoms with E-state index in [1.165, 1.54) is 6.92 Å². The summed E-state index contributed by atoms with van der Waals surface area (Å²) < 4.78 is 123. The zero-order chi connectivity index (χ0) is 33.9. The Labute approximate surface area is 196 Å². The predicted octanol–water partition coefficient (Wildman–Crippen LogP) is 4.66. The van der Waals surface area contributed by atoms with Crippen molar-refractivity contribution in [2.45, 2.75) is 45.0 Å². The molecule has 6 heteroatoms. The van der Waals surface area contributed by atoms with E-state index in [4.69, 9.17) is 26.3 Å². The summed E-state index contributed by atoms with van der Waals surface area (Å²) in [6.07, 6.45) is -12.4. The number of hydrogen-bond donors (Lipinski definition) is 3. The Morgan fingerprint density at radius 3 is 2.66 bits per heavy atom. The zero-order valence-corrected chi connectivity index (χ0v) is 16.1. The van der Waals surface area contributed by atoms with Crippen LogP contribution in [0.2, 0.25) is 0 Å². The van der Waals surface area contributed by atoms with Crippen LogP contribution >= 0.6 is 11.3 Å². The second-order valence-corrected chi connectivity index (χ2v) is 6.55. The number of amides is 1. The number of aliphatic hydroxyl groups is 1. The van der Waals surface area contributed by atoms with E-state index in [0.29, 0.717) is 11.3 Å². The molecular weight excluding hydrogens is 382 g/mol. The highest BCUT2D eigenvalue weighted by molar-refractivity contribution is 7.13. The minimum Gasteiger partial charge on any atom is -0.388 e. The van der Waals surface area contributed by atoms with E-state index >= 15 is 0 Å². The van der Waals surface area contributed by atoms with Crippen molar-refractivity contribution < 1.29 is 30.5 Å². The Balaban J connectivity index is 1.96. The minimum atomic E-state index is -3.25. The quantitative estimate of drug-likeness (QED) is 0.466. The molecule has 1 aromatic heterocycles. The summed E-state index contributed by atoms with van der Waals surface area (Å²) in [4.78, 5) is 16.4. The lowest BCUT2D eigenvalue weighted by molar-refractivity contribution is -0.115. The van der Waals surface area contributed by atoms with Gasteiger partial charge in [0.05, 0.1) is 30.5 Å². The third-order valence-electron chi connectivity index (χ3n) is 3.43. The van der Waals surface area contributed by atoms with Gasteiger partial charge in [0.15, 0.2) is 5.13 Å². The van der Waals surface area contributed by atoms with E-state index in [-0.39, 0.29) is 10.7 Å². The molecular formula is C23H27N3O2S. The second kappa shape index (κ2) is 10.2. The lowest BCUT2D eigenvalue weighted by Gasteiger charge is -2.11. The van der Waals surface area contributed by atoms with Crippen LogP contribution in [-0.4, -0.2) is 16.0 Å². The molecule has 1 heterocycles. The van der Waals surface area contributed by atoms with Crippen LogP contribution < -0.4 is 11.1 Å². The third kappa shape index (κ3) is 6.69. The summed E-state index contributed by atoms with van der Waals surface area (Å²) in [7, 11) is 0. The smallest absolute Gasteiger partial charge is 0.230 e. The van der Waals surface area contributed by atoms with Crippen molar-refractivity contribution in [3.63, 3.8) is 0 Å². The fourth-order valence-corrected chi connectivity index (χ4v) is 2.49. The van der Waals surface area contributed by atoms with Crippen LogP contribution in [0.4, 0.5) is 10.8 Å². The number of hydrogen-bond acceptors (Lipinski definition) is 5. The average molecular weight is 425 g/mol. The number of nitrogens with one attached hydrogen (secondary N) is 1. The summed E-state index contributed by atoms with van der Waals surface area (Å²) in [6.45, 7) is 1.36. The molecule has 0 aliphatic rings. The molecule has 3 aromatic rings. The number of anilines is 2. The van der Waals surface area contributed by atoms with Gasteiger partial charge in [0, 0.05) is 19.3 Å². The normalized spacial score (nSPS) is 20.8. The van der Waals surface area contributed by atoms with Crippen molar-refractivity contribution in [2.75, 3.05) is 11.1 Å². The number of nitrogens with zero attached hydrogens (tertiary/aromatic N) is 1. The number of thiazole rings is 1. The van der Waals surface area contributed by atoms with Crippen LogP contribution in [0.3, 0.4) is 0 Å². The van der Waals surface area contributed by atoms with E-state index in [9.17, 15) is 9.90 Å². The fourth-order valence-electron chi connectivity index (χ4n) is 2.06. The Morgan fingerprint density at radius 1 is 1.28 bits per heavy atom. The first-order valence-corrected chi connectivity index (χ1v) is 9.22. The minimum absolute atomic E-state index is 0.0377. The van der Waals surface area contributed by atoms with Gasteiger partial charge in [0.25, 0.3) is 0 Å². The first-order chi connectivity index (χ1) is 20.0. The number of carbonyl (C=O) groups excluding carboxylic acids is 1. The Kier molecular flexibility index (Phi) is 3.15. The Hall–Kier alpha value is -2.70. The molecule has 5 nitrogen and oxygen atoms in total. The molecule has 0 spiro atoms. The Morgan fingerprint density at radius 2 is 2.00 bits per heavy atom. The first-order valence-electron chi connectivity index (χ1n) is 15.9. The molecule has 29 heavy (non-hydrogen) atoms. The topological polar surface area (TPSA) is 88.2 Å². The van der Waals surface area contributed by atoms with E-state index in [0.717, 1.165) is 0 Å². The maximum absolute atomic E-state index is 12.8. The predicted molar refractivity (Wildman–Crippen MR) is 119 cm³/mol. The number of nitrogens with two attached hydrogens (primary N) is 1. The fraction of sp³-hybridized carbons (Fsp3) is 0.304. The van der Waals surface area contributed by atoms with Crippen molar-refractivity contribution in [1.29, 1.82) is 0 Å². The standard InChI is InChI=1S/C23H27N3O2S/c1-16-6-10-18(11-7-16)21(27)5-3-2-4-17-8-12-19(13-9-17)25-22(28)14-20-15-29-23(24)26-20/h6-13,15,21,27H,2-5,14H2,1H3,(H2,24,26)(H,25,28)/t21-/m0/s1/i2D2,4D2,6D,7D,8D,9D,10D,11D,12D,13D,14D2,15D. The van der Waals surface area contributed by atoms with Crippen LogP contribution in [0.5, 0.6) is 0 Å². The average Bonchev–Trinajstić information content (AvgIpc) is 3.29. The number of rotatable bonds is 9. The van der Waals surface area contributed by atoms with E-state index in [1.807, 2.05) is 5.32 Å². The summed E-state index contributed by atoms with van der Waals surface area (Å²) >= 11 is 0.596. The number of nitrogen functional groups attached to an aromatic ring is 1. The summed E-state index contributed by atoms with van der Waals surface area (Å²) in [5.41, 5.74) is 2.60. The van der Waals surface area contributed by atoms with Crippen LogP contribution in [0, 0.1) is 6.92 Å². The molecule has 0 fully saturated rings. The first kappa shape index (κ1) is 8.98. The summed E-state index contributed by atoms with van der Waals surface area (Å²) in [6, 6.07) is -6.08. The maximum atomic E-state index is 12.8. The van der Waals surface area contributed by atoms with Crippen molar-refractivity contribution in [2.24, 2.45) is 0 Å². The molecule has 0 radical (unpaired) electrons. The SMILES string of the molecule is [2H]c1sc(N)nc1C([2H])([2H])C(=O)Nc1c([2H])c([2H])c(C([2H])([2H])C([2H])([2H])CC[C@H](O)c2c([2H])c([2H])c(C)c([2H])c2[2H])c([2H])c1[2H]. The molecule has 0 saturated heterocycles. The van der Waals surface area contributed by atoms with Crippen LogP contribution in [0.1, 0.15) is 68.3 Å². The molecule has 0 unspecified atom stereocenters. The van der Waals surface area contributed by atoms with Gasteiger partial charge < -0.3 is 16.2 Å². The molecule has 0 saturated carbocycles. The molecule has 4 N–H and O–H groups in total. The second-order valence-electron chi connectivity index (χ2n) is 5.73. The lowest BCUT2D eigenvalue weighted by Crippen LogP contribution is -2.14. The van der Waals surface area contributed by atoms with Gasteiger partial charge in [-0.3, -0.25) is 4.79 Å². The molecule has 1 amide bonds. The van der Waals surface area contributed by atoms with Gasteiger partial charge in [0.2, 0.25) is 5.91 Å². The molecule has 3 rings (SSSR count). The molecule has 152 valence electrons. The van der Waals surface area contributed by atoms with E-state index < -0.39 is 120 Å². The van der Waals surface area contributed by atoms with Crippen LogP contribution in [-0.2, 0) is 17.5 Å². The van der Waals surface area contributed by atoms with Crippen molar-refractivity contribution >= 4 is 28.1 Å². The lowest BCUT2D eigenvalue weighted by atomic mass is 10.0. The monoisotopic (exact) mass is 424 g/mol. The molecule has 0 aliphatic heterocycles. The van der Waals surface area contributed by atoms with Gasteiger partial charge in [-0.25, -0.2) is 4.98 Å².